The molecule has 0 saturated carbocycles. The number of alkyl carbamates (subject to hydrolysis) is 4. The van der Waals surface area contributed by atoms with Gasteiger partial charge in [0.05, 0.1) is 0 Å². The van der Waals surface area contributed by atoms with Crippen molar-refractivity contribution in [3.63, 3.8) is 0 Å². The fourth-order valence-electron chi connectivity index (χ4n) is 4.72. The van der Waals surface area contributed by atoms with Crippen molar-refractivity contribution < 1.29 is 57.6 Å². The molecule has 0 aromatic carbocycles. The molecule has 0 aromatic rings. The van der Waals surface area contributed by atoms with E-state index in [9.17, 15) is 38.7 Å². The Labute approximate surface area is 332 Å². The second kappa shape index (κ2) is 24.2. The van der Waals surface area contributed by atoms with Crippen LogP contribution in [0.1, 0.15) is 141 Å². The van der Waals surface area contributed by atoms with Crippen LogP contribution in [0.15, 0.2) is 0 Å². The third-order valence-electron chi connectivity index (χ3n) is 7.02. The van der Waals surface area contributed by atoms with E-state index in [-0.39, 0.29) is 38.9 Å². The van der Waals surface area contributed by atoms with Crippen molar-refractivity contribution in [3.05, 3.63) is 0 Å². The van der Waals surface area contributed by atoms with Gasteiger partial charge in [0.1, 0.15) is 40.5 Å². The number of nitrogens with one attached hydrogen (secondary N) is 6. The Balaban J connectivity index is 5.80. The molecule has 0 spiro atoms. The highest BCUT2D eigenvalue weighted by Crippen LogP contribution is 2.12. The van der Waals surface area contributed by atoms with Crippen molar-refractivity contribution in [3.8, 4) is 0 Å². The van der Waals surface area contributed by atoms with E-state index in [1.165, 1.54) is 0 Å². The molecule has 18 nitrogen and oxygen atoms in total. The second-order valence-corrected chi connectivity index (χ2v) is 17.4. The fraction of sp³-hybridized carbons (Fsp3) is 0.816. The van der Waals surface area contributed by atoms with Crippen molar-refractivity contribution in [1.29, 1.82) is 0 Å². The Bertz CT molecular complexity index is 1280. The number of unbranched alkanes of at least 4 members (excludes halogenated alkanes) is 3. The van der Waals surface area contributed by atoms with Crippen LogP contribution in [0.4, 0.5) is 19.2 Å². The number of hydrogen-bond acceptors (Lipinski definition) is 11. The predicted octanol–water partition coefficient (Wildman–Crippen LogP) is 5.02. The zero-order valence-electron chi connectivity index (χ0n) is 35.7. The zero-order chi connectivity index (χ0) is 43.3. The lowest BCUT2D eigenvalue weighted by atomic mass is 10.0. The first-order chi connectivity index (χ1) is 25.6. The number of carboxylic acid groups (broad SMARTS) is 1. The summed E-state index contributed by atoms with van der Waals surface area (Å²) in [6.07, 6.45) is -0.140. The van der Waals surface area contributed by atoms with Crippen LogP contribution in [0.5, 0.6) is 0 Å². The van der Waals surface area contributed by atoms with Gasteiger partial charge in [-0.3, -0.25) is 9.59 Å². The molecule has 0 aliphatic carbocycles. The van der Waals surface area contributed by atoms with E-state index in [1.807, 2.05) is 0 Å². The van der Waals surface area contributed by atoms with Crippen LogP contribution in [0.2, 0.25) is 0 Å². The number of carboxylic acids is 1. The molecule has 3 unspecified atom stereocenters. The molecule has 0 bridgehead atoms. The summed E-state index contributed by atoms with van der Waals surface area (Å²) in [4.78, 5) is 88.2. The van der Waals surface area contributed by atoms with E-state index in [0.717, 1.165) is 0 Å². The minimum atomic E-state index is -1.30. The topological polar surface area (TPSA) is 249 Å². The maximum atomic E-state index is 13.7. The predicted molar refractivity (Wildman–Crippen MR) is 209 cm³/mol. The molecule has 18 heteroatoms. The Kier molecular flexibility index (Phi) is 22.2. The summed E-state index contributed by atoms with van der Waals surface area (Å²) in [5, 5.41) is 25.5. The van der Waals surface area contributed by atoms with Crippen LogP contribution >= 0.6 is 0 Å². The van der Waals surface area contributed by atoms with E-state index in [0.29, 0.717) is 38.5 Å². The van der Waals surface area contributed by atoms with Crippen LogP contribution in [0, 0.1) is 0 Å². The second-order valence-electron chi connectivity index (χ2n) is 17.4. The largest absolute Gasteiger partial charge is 0.480 e. The van der Waals surface area contributed by atoms with Crippen molar-refractivity contribution in [1.82, 2.24) is 31.9 Å². The van der Waals surface area contributed by atoms with Crippen LogP contribution < -0.4 is 31.9 Å². The third-order valence-corrected chi connectivity index (χ3v) is 7.02. The van der Waals surface area contributed by atoms with E-state index in [2.05, 4.69) is 31.9 Å². The smallest absolute Gasteiger partial charge is 0.408 e. The highest BCUT2D eigenvalue weighted by atomic mass is 16.6. The molecule has 0 heterocycles. The van der Waals surface area contributed by atoms with Gasteiger partial charge in [-0.25, -0.2) is 24.0 Å². The first-order valence-corrected chi connectivity index (χ1v) is 19.3. The first-order valence-electron chi connectivity index (χ1n) is 19.3. The van der Waals surface area contributed by atoms with Gasteiger partial charge in [-0.2, -0.15) is 0 Å². The van der Waals surface area contributed by atoms with Gasteiger partial charge in [0.25, 0.3) is 0 Å². The minimum absolute atomic E-state index is 0.0394. The van der Waals surface area contributed by atoms with E-state index in [1.54, 1.807) is 83.1 Å². The zero-order valence-corrected chi connectivity index (χ0v) is 35.7. The molecule has 3 atom stereocenters. The number of carbonyl (C=O) groups is 7. The van der Waals surface area contributed by atoms with E-state index >= 15 is 0 Å². The molecular weight excluding hydrogens is 732 g/mol. The van der Waals surface area contributed by atoms with E-state index < -0.39 is 82.7 Å². The summed E-state index contributed by atoms with van der Waals surface area (Å²) in [7, 11) is 0. The average Bonchev–Trinajstić information content (AvgIpc) is 2.98. The summed E-state index contributed by atoms with van der Waals surface area (Å²) in [6, 6.07) is -3.66. The Morgan fingerprint density at radius 3 is 0.982 bits per heavy atom. The number of carbonyl (C=O) groups excluding carboxylic acids is 6. The maximum absolute atomic E-state index is 13.7. The van der Waals surface area contributed by atoms with Crippen LogP contribution in [-0.2, 0) is 33.3 Å². The lowest BCUT2D eigenvalue weighted by Crippen LogP contribution is -2.56. The summed E-state index contributed by atoms with van der Waals surface area (Å²) < 4.78 is 21.0. The van der Waals surface area contributed by atoms with Gasteiger partial charge in [-0.1, -0.05) is 0 Å². The average molecular weight is 803 g/mol. The number of amides is 6. The Morgan fingerprint density at radius 2 is 0.679 bits per heavy atom. The first kappa shape index (κ1) is 51.5. The van der Waals surface area contributed by atoms with Crippen LogP contribution in [-0.4, -0.2) is 107 Å². The van der Waals surface area contributed by atoms with Crippen molar-refractivity contribution in [2.45, 2.75) is 181 Å². The molecular formula is C38H70N6O12. The Morgan fingerprint density at radius 1 is 0.411 bits per heavy atom. The van der Waals surface area contributed by atoms with E-state index in [4.69, 9.17) is 18.9 Å². The molecule has 0 fully saturated rings. The van der Waals surface area contributed by atoms with Gasteiger partial charge in [0, 0.05) is 19.6 Å². The van der Waals surface area contributed by atoms with Crippen LogP contribution in [0.25, 0.3) is 0 Å². The monoisotopic (exact) mass is 803 g/mol. The molecule has 0 saturated heterocycles. The summed E-state index contributed by atoms with van der Waals surface area (Å²) in [6.45, 7) is 21.3. The number of hydrogen-bond donors (Lipinski definition) is 7. The number of ether oxygens (including phenoxy) is 4. The highest BCUT2D eigenvalue weighted by Gasteiger charge is 2.30. The molecule has 0 aliphatic heterocycles. The normalized spacial score (nSPS) is 13.5. The van der Waals surface area contributed by atoms with Gasteiger partial charge in [-0.05, 0) is 141 Å². The highest BCUT2D eigenvalue weighted by molar-refractivity contribution is 5.92. The minimum Gasteiger partial charge on any atom is -0.480 e. The van der Waals surface area contributed by atoms with Crippen molar-refractivity contribution >= 4 is 42.2 Å². The molecule has 6 amide bonds. The van der Waals surface area contributed by atoms with Crippen LogP contribution in [0.3, 0.4) is 0 Å². The van der Waals surface area contributed by atoms with Crippen molar-refractivity contribution in [2.75, 3.05) is 19.6 Å². The maximum Gasteiger partial charge on any atom is 0.408 e. The fourth-order valence-corrected chi connectivity index (χ4v) is 4.72. The van der Waals surface area contributed by atoms with Gasteiger partial charge >= 0.3 is 30.3 Å². The lowest BCUT2D eigenvalue weighted by Gasteiger charge is -2.26. The molecule has 0 rings (SSSR count). The molecule has 0 aliphatic rings. The summed E-state index contributed by atoms with van der Waals surface area (Å²) in [5.41, 5.74) is -2.90. The number of aliphatic carboxylic acids is 1. The Hall–Kier alpha value is -4.51. The molecule has 56 heavy (non-hydrogen) atoms. The standard InChI is InChI=1S/C38H70N6O12/c1-35(2,3)53-31(49)39-22-16-13-19-25(28(45)43-27(30(47)48)21-15-18-24-41-33(51)55-37(7,8)9)42-29(46)26(44-34(52)56-38(10,11)12)20-14-17-23-40-32(50)54-36(4,5)6/h25-27H,13-24H2,1-12H3,(H,39,49)(H,40,50)(H,41,51)(H,42,46)(H,43,45)(H,44,52)(H,47,48). The summed E-state index contributed by atoms with van der Waals surface area (Å²) in [5.74, 6) is -2.74. The lowest BCUT2D eigenvalue weighted by molar-refractivity contribution is -0.142. The number of rotatable bonds is 21. The molecule has 0 radical (unpaired) electrons. The summed E-state index contributed by atoms with van der Waals surface area (Å²) >= 11 is 0. The third kappa shape index (κ3) is 28.9. The van der Waals surface area contributed by atoms with Crippen molar-refractivity contribution in [2.24, 2.45) is 0 Å². The molecule has 324 valence electrons. The molecule has 0 aromatic heterocycles. The molecule has 7 N–H and O–H groups in total. The van der Waals surface area contributed by atoms with Gasteiger partial charge < -0.3 is 56.0 Å². The van der Waals surface area contributed by atoms with Gasteiger partial charge in [-0.15, -0.1) is 0 Å². The SMILES string of the molecule is CC(C)(C)OC(=O)NCCCCC(NC(=O)C(CCCCNC(=O)OC(C)(C)C)NC(=O)C(CCCCNC(=O)OC(C)(C)C)NC(=O)OC(C)(C)C)C(=O)O. The van der Waals surface area contributed by atoms with Gasteiger partial charge in [0.2, 0.25) is 11.8 Å². The van der Waals surface area contributed by atoms with Gasteiger partial charge in [0.15, 0.2) is 0 Å². The quantitative estimate of drug-likeness (QED) is 0.0597.